The lowest BCUT2D eigenvalue weighted by molar-refractivity contribution is 0.493. The Morgan fingerprint density at radius 2 is 2.21 bits per heavy atom. The normalized spacial score (nSPS) is 13.8. The summed E-state index contributed by atoms with van der Waals surface area (Å²) >= 11 is 0. The van der Waals surface area contributed by atoms with Crippen LogP contribution in [0.1, 0.15) is 44.6 Å². The number of benzene rings is 1. The van der Waals surface area contributed by atoms with Crippen LogP contribution in [0.2, 0.25) is 0 Å². The average Bonchev–Trinajstić information content (AvgIpc) is 2.55. The van der Waals surface area contributed by atoms with E-state index in [-0.39, 0.29) is 11.6 Å². The van der Waals surface area contributed by atoms with Crippen LogP contribution >= 0.6 is 0 Å². The van der Waals surface area contributed by atoms with Crippen molar-refractivity contribution in [1.82, 2.24) is 9.97 Å². The first-order chi connectivity index (χ1) is 11.5. The zero-order valence-corrected chi connectivity index (χ0v) is 14.4. The molecule has 0 amide bonds. The number of hydrogen-bond donors (Lipinski definition) is 2. The highest BCUT2D eigenvalue weighted by Gasteiger charge is 2.13. The molecule has 1 heterocycles. The molecular formula is C19H24N4O. The number of hydrogen-bond acceptors (Lipinski definition) is 4. The van der Waals surface area contributed by atoms with Gasteiger partial charge in [0, 0.05) is 6.20 Å². The molecule has 24 heavy (non-hydrogen) atoms. The smallest absolute Gasteiger partial charge is 0.258 e. The maximum Gasteiger partial charge on any atom is 0.258 e. The molecule has 0 bridgehead atoms. The maximum absolute atomic E-state index is 12.4. The second kappa shape index (κ2) is 7.84. The number of nitrogens with zero attached hydrogens (tertiary/aromatic N) is 2. The Labute approximate surface area is 142 Å². The Morgan fingerprint density at radius 1 is 1.46 bits per heavy atom. The highest BCUT2D eigenvalue weighted by atomic mass is 16.1. The molecule has 1 aromatic heterocycles. The van der Waals surface area contributed by atoms with Crippen LogP contribution in [0.25, 0.3) is 16.5 Å². The highest BCUT2D eigenvalue weighted by molar-refractivity contribution is 5.84. The van der Waals surface area contributed by atoms with Crippen LogP contribution in [-0.2, 0) is 0 Å². The van der Waals surface area contributed by atoms with Crippen molar-refractivity contribution in [3.63, 3.8) is 0 Å². The van der Waals surface area contributed by atoms with Crippen LogP contribution in [0.15, 0.2) is 46.3 Å². The number of rotatable bonds is 6. The van der Waals surface area contributed by atoms with Crippen LogP contribution in [0, 0.1) is 5.92 Å². The van der Waals surface area contributed by atoms with Crippen molar-refractivity contribution in [1.29, 1.82) is 0 Å². The fourth-order valence-electron chi connectivity index (χ4n) is 2.62. The largest absolute Gasteiger partial charge is 0.321 e. The van der Waals surface area contributed by atoms with E-state index in [0.717, 1.165) is 17.6 Å². The Hall–Kier alpha value is -2.53. The number of allylic oxidation sites excluding steroid dienone is 3. The minimum Gasteiger partial charge on any atom is -0.321 e. The molecular weight excluding hydrogens is 300 g/mol. The fourth-order valence-corrected chi connectivity index (χ4v) is 2.62. The molecule has 126 valence electrons. The van der Waals surface area contributed by atoms with Gasteiger partial charge in [-0.1, -0.05) is 26.0 Å². The molecule has 2 aromatic rings. The van der Waals surface area contributed by atoms with Gasteiger partial charge in [0.2, 0.25) is 0 Å². The zero-order valence-electron chi connectivity index (χ0n) is 14.4. The minimum atomic E-state index is -0.269. The van der Waals surface area contributed by atoms with Crippen LogP contribution in [-0.4, -0.2) is 16.7 Å². The van der Waals surface area contributed by atoms with Gasteiger partial charge >= 0.3 is 0 Å². The van der Waals surface area contributed by atoms with Crippen LogP contribution < -0.4 is 11.3 Å². The molecule has 2 rings (SSSR count). The fraction of sp³-hybridized carbons (Fsp3) is 0.316. The summed E-state index contributed by atoms with van der Waals surface area (Å²) in [5.41, 5.74) is 8.51. The number of aliphatic imine (C=N–C) groups is 1. The van der Waals surface area contributed by atoms with Gasteiger partial charge in [0.1, 0.15) is 5.82 Å². The SMILES string of the molecule is C=N/C=C\C(=C/C)c1ccc2nc(C(N)CC(C)C)[nH]c(=O)c2c1. The Balaban J connectivity index is 2.48. The molecule has 0 saturated heterocycles. The second-order valence-electron chi connectivity index (χ2n) is 6.16. The Morgan fingerprint density at radius 3 is 2.83 bits per heavy atom. The van der Waals surface area contributed by atoms with Gasteiger partial charge in [0.25, 0.3) is 5.56 Å². The quantitative estimate of drug-likeness (QED) is 0.629. The summed E-state index contributed by atoms with van der Waals surface area (Å²) in [5, 5.41) is 0.548. The molecule has 0 saturated carbocycles. The summed E-state index contributed by atoms with van der Waals surface area (Å²) in [6.07, 6.45) is 6.20. The van der Waals surface area contributed by atoms with Crippen molar-refractivity contribution >= 4 is 23.2 Å². The Bertz CT molecular complexity index is 846. The first-order valence-corrected chi connectivity index (χ1v) is 8.05. The van der Waals surface area contributed by atoms with E-state index in [1.165, 1.54) is 0 Å². The first kappa shape index (κ1) is 17.8. The summed E-state index contributed by atoms with van der Waals surface area (Å²) in [4.78, 5) is 23.5. The molecule has 0 aliphatic rings. The minimum absolute atomic E-state index is 0.169. The molecule has 5 heteroatoms. The van der Waals surface area contributed by atoms with E-state index in [1.807, 2.05) is 37.3 Å². The van der Waals surface area contributed by atoms with E-state index in [9.17, 15) is 4.79 Å². The molecule has 1 aromatic carbocycles. The molecule has 0 aliphatic carbocycles. The van der Waals surface area contributed by atoms with Gasteiger partial charge in [-0.3, -0.25) is 9.79 Å². The van der Waals surface area contributed by atoms with E-state index < -0.39 is 0 Å². The van der Waals surface area contributed by atoms with E-state index >= 15 is 0 Å². The van der Waals surface area contributed by atoms with Crippen molar-refractivity contribution in [3.8, 4) is 0 Å². The summed E-state index contributed by atoms with van der Waals surface area (Å²) in [5.74, 6) is 0.974. The molecule has 0 radical (unpaired) electrons. The topological polar surface area (TPSA) is 84.1 Å². The molecule has 3 N–H and O–H groups in total. The van der Waals surface area contributed by atoms with Gasteiger partial charge in [-0.25, -0.2) is 4.98 Å². The van der Waals surface area contributed by atoms with Crippen LogP contribution in [0.5, 0.6) is 0 Å². The van der Waals surface area contributed by atoms with Gasteiger partial charge in [0.15, 0.2) is 0 Å². The number of aromatic nitrogens is 2. The van der Waals surface area contributed by atoms with Crippen LogP contribution in [0.3, 0.4) is 0 Å². The van der Waals surface area contributed by atoms with Crippen molar-refractivity contribution in [2.75, 3.05) is 0 Å². The molecule has 5 nitrogen and oxygen atoms in total. The molecule has 0 fully saturated rings. The number of H-pyrrole nitrogens is 1. The van der Waals surface area contributed by atoms with E-state index in [0.29, 0.717) is 22.6 Å². The van der Waals surface area contributed by atoms with Gasteiger partial charge in [-0.15, -0.1) is 0 Å². The lowest BCUT2D eigenvalue weighted by Gasteiger charge is -2.14. The molecule has 1 unspecified atom stereocenters. The summed E-state index contributed by atoms with van der Waals surface area (Å²) in [6.45, 7) is 9.55. The van der Waals surface area contributed by atoms with Crippen molar-refractivity contribution in [2.24, 2.45) is 16.6 Å². The van der Waals surface area contributed by atoms with E-state index in [1.54, 1.807) is 6.20 Å². The summed E-state index contributed by atoms with van der Waals surface area (Å²) in [7, 11) is 0. The van der Waals surface area contributed by atoms with E-state index in [2.05, 4.69) is 35.5 Å². The second-order valence-corrected chi connectivity index (χ2v) is 6.16. The van der Waals surface area contributed by atoms with Gasteiger partial charge in [0.05, 0.1) is 16.9 Å². The van der Waals surface area contributed by atoms with E-state index in [4.69, 9.17) is 5.73 Å². The highest BCUT2D eigenvalue weighted by Crippen LogP contribution is 2.21. The predicted molar refractivity (Wildman–Crippen MR) is 101 cm³/mol. The third kappa shape index (κ3) is 4.06. The number of aromatic amines is 1. The Kier molecular flexibility index (Phi) is 5.82. The monoisotopic (exact) mass is 324 g/mol. The van der Waals surface area contributed by atoms with Crippen molar-refractivity contribution in [2.45, 2.75) is 33.2 Å². The third-order valence-corrected chi connectivity index (χ3v) is 3.80. The average molecular weight is 324 g/mol. The van der Waals surface area contributed by atoms with Gasteiger partial charge in [-0.05, 0) is 55.3 Å². The molecule has 1 atom stereocenters. The zero-order chi connectivity index (χ0) is 17.7. The van der Waals surface area contributed by atoms with Crippen molar-refractivity contribution in [3.05, 3.63) is 58.3 Å². The number of nitrogens with two attached hydrogens (primary N) is 1. The van der Waals surface area contributed by atoms with Gasteiger partial charge < -0.3 is 10.7 Å². The third-order valence-electron chi connectivity index (χ3n) is 3.80. The number of fused-ring (bicyclic) bond motifs is 1. The lowest BCUT2D eigenvalue weighted by Crippen LogP contribution is -2.21. The lowest BCUT2D eigenvalue weighted by atomic mass is 10.0. The standard InChI is InChI=1S/C19H24N4O/c1-5-13(8-9-21-4)14-6-7-17-15(11-14)19(24)23-18(22-17)16(20)10-12(2)3/h5-9,11-12,16H,4,10,20H2,1-3H3,(H,22,23,24)/b9-8-,13-5+. The van der Waals surface area contributed by atoms with Crippen molar-refractivity contribution < 1.29 is 0 Å². The molecule has 0 aliphatic heterocycles. The predicted octanol–water partition coefficient (Wildman–Crippen LogP) is 3.59. The van der Waals surface area contributed by atoms with Crippen LogP contribution in [0.4, 0.5) is 0 Å². The summed E-state index contributed by atoms with van der Waals surface area (Å²) < 4.78 is 0. The number of nitrogens with one attached hydrogen (secondary N) is 1. The maximum atomic E-state index is 12.4. The summed E-state index contributed by atoms with van der Waals surface area (Å²) in [6, 6.07) is 5.36. The molecule has 0 spiro atoms. The van der Waals surface area contributed by atoms with Gasteiger partial charge in [-0.2, -0.15) is 0 Å². The first-order valence-electron chi connectivity index (χ1n) is 8.05.